The summed E-state index contributed by atoms with van der Waals surface area (Å²) in [5.41, 5.74) is 3.86. The zero-order valence-electron chi connectivity index (χ0n) is 19.9. The van der Waals surface area contributed by atoms with E-state index in [0.717, 1.165) is 53.2 Å². The van der Waals surface area contributed by atoms with Crippen LogP contribution in [-0.2, 0) is 6.42 Å². The average molecular weight is 488 g/mol. The van der Waals surface area contributed by atoms with Gasteiger partial charge < -0.3 is 15.4 Å². The van der Waals surface area contributed by atoms with Crippen LogP contribution in [0.1, 0.15) is 36.2 Å². The molecule has 0 saturated carbocycles. The summed E-state index contributed by atoms with van der Waals surface area (Å²) in [5.74, 6) is -2.47. The van der Waals surface area contributed by atoms with Gasteiger partial charge in [0.1, 0.15) is 12.4 Å². The van der Waals surface area contributed by atoms with Crippen molar-refractivity contribution in [3.05, 3.63) is 59.4 Å². The van der Waals surface area contributed by atoms with Crippen LogP contribution >= 0.6 is 0 Å². The molecule has 3 N–H and O–H groups in total. The lowest BCUT2D eigenvalue weighted by atomic mass is 9.89. The van der Waals surface area contributed by atoms with Crippen molar-refractivity contribution < 1.29 is 18.3 Å². The van der Waals surface area contributed by atoms with E-state index < -0.39 is 25.1 Å². The molecule has 188 valence electrons. The molecule has 1 saturated heterocycles. The monoisotopic (exact) mass is 487 g/mol. The molecule has 6 nitrogen and oxygen atoms in total. The Hall–Kier alpha value is -2.62. The van der Waals surface area contributed by atoms with Gasteiger partial charge in [0, 0.05) is 48.5 Å². The molecule has 0 radical (unpaired) electrons. The highest BCUT2D eigenvalue weighted by atomic mass is 19.3. The van der Waals surface area contributed by atoms with Gasteiger partial charge in [-0.05, 0) is 43.0 Å². The maximum Gasteiger partial charge on any atom is 0.283 e. The second-order valence-corrected chi connectivity index (χ2v) is 9.83. The first-order valence-electron chi connectivity index (χ1n) is 12.2. The Morgan fingerprint density at radius 2 is 2.00 bits per heavy atom. The number of H-pyrrole nitrogens is 1. The van der Waals surface area contributed by atoms with Gasteiger partial charge >= 0.3 is 0 Å². The molecule has 2 aromatic heterocycles. The van der Waals surface area contributed by atoms with Crippen molar-refractivity contribution in [1.82, 2.24) is 19.8 Å². The summed E-state index contributed by atoms with van der Waals surface area (Å²) in [7, 11) is 0. The van der Waals surface area contributed by atoms with Crippen molar-refractivity contribution in [2.45, 2.75) is 43.8 Å². The smallest absolute Gasteiger partial charge is 0.283 e. The molecule has 2 aliphatic rings. The molecular weight excluding hydrogens is 455 g/mol. The van der Waals surface area contributed by atoms with Gasteiger partial charge in [0.2, 0.25) is 0 Å². The first-order valence-corrected chi connectivity index (χ1v) is 12.2. The maximum absolute atomic E-state index is 14.4. The second kappa shape index (κ2) is 9.79. The van der Waals surface area contributed by atoms with E-state index >= 15 is 0 Å². The third kappa shape index (κ3) is 4.90. The van der Waals surface area contributed by atoms with Crippen LogP contribution in [0, 0.1) is 0 Å². The van der Waals surface area contributed by atoms with Crippen molar-refractivity contribution >= 4 is 16.7 Å². The fourth-order valence-corrected chi connectivity index (χ4v) is 5.42. The number of pyridine rings is 1. The molecule has 2 aliphatic heterocycles. The van der Waals surface area contributed by atoms with Crippen LogP contribution in [0.5, 0.6) is 0 Å². The number of fused-ring (bicyclic) bond motifs is 3. The van der Waals surface area contributed by atoms with Gasteiger partial charge in [-0.2, -0.15) is 0 Å². The maximum atomic E-state index is 14.4. The SMILES string of the molecule is C[C@@H]1Cc2c([nH]c3ccccc23)[C@@H](c2ccc(NC3CN(CCCF)C3)nc2)N1CC(F)(F)CO. The molecule has 1 fully saturated rings. The fourth-order valence-electron chi connectivity index (χ4n) is 5.42. The zero-order chi connectivity index (χ0) is 24.6. The van der Waals surface area contributed by atoms with Crippen molar-refractivity contribution in [3.8, 4) is 0 Å². The lowest BCUT2D eigenvalue weighted by Crippen LogP contribution is -2.54. The Morgan fingerprint density at radius 3 is 2.71 bits per heavy atom. The first-order chi connectivity index (χ1) is 16.9. The summed E-state index contributed by atoms with van der Waals surface area (Å²) in [6.45, 7) is 2.41. The van der Waals surface area contributed by atoms with Crippen molar-refractivity contribution in [3.63, 3.8) is 0 Å². The minimum Gasteiger partial charge on any atom is -0.390 e. The van der Waals surface area contributed by atoms with Gasteiger partial charge in [-0.15, -0.1) is 0 Å². The van der Waals surface area contributed by atoms with Crippen LogP contribution < -0.4 is 5.32 Å². The topological polar surface area (TPSA) is 67.4 Å². The highest BCUT2D eigenvalue weighted by Gasteiger charge is 2.41. The Bertz CT molecular complexity index is 1150. The number of aromatic nitrogens is 2. The molecule has 0 aliphatic carbocycles. The number of hydrogen-bond acceptors (Lipinski definition) is 5. The van der Waals surface area contributed by atoms with Crippen LogP contribution in [0.15, 0.2) is 42.6 Å². The summed E-state index contributed by atoms with van der Waals surface area (Å²) in [4.78, 5) is 12.1. The molecule has 2 atom stereocenters. The molecule has 3 aromatic rings. The first kappa shape index (κ1) is 24.1. The molecule has 1 aromatic carbocycles. The summed E-state index contributed by atoms with van der Waals surface area (Å²) >= 11 is 0. The van der Waals surface area contributed by atoms with E-state index in [1.807, 2.05) is 37.3 Å². The number of anilines is 1. The van der Waals surface area contributed by atoms with E-state index in [1.54, 1.807) is 11.1 Å². The number of nitrogens with zero attached hydrogens (tertiary/aromatic N) is 3. The lowest BCUT2D eigenvalue weighted by molar-refractivity contribution is -0.0864. The number of para-hydroxylation sites is 1. The second-order valence-electron chi connectivity index (χ2n) is 9.83. The number of nitrogens with one attached hydrogen (secondary N) is 2. The Morgan fingerprint density at radius 1 is 1.20 bits per heavy atom. The van der Waals surface area contributed by atoms with Gasteiger partial charge in [0.05, 0.1) is 25.3 Å². The third-order valence-electron chi connectivity index (χ3n) is 7.18. The standard InChI is InChI=1S/C26H32F3N5O/c1-17-11-21-20-5-2-3-6-22(20)32-24(21)25(34(17)15-26(28,29)16-35)18-7-8-23(30-12-18)31-19-13-33(14-19)10-4-9-27/h2-3,5-8,12,17,19,25,32,35H,4,9-11,13-16H2,1H3,(H,30,31)/t17-,25-/m1/s1. The van der Waals surface area contributed by atoms with E-state index in [1.165, 1.54) is 0 Å². The number of hydrogen-bond donors (Lipinski definition) is 3. The van der Waals surface area contributed by atoms with Gasteiger partial charge in [-0.3, -0.25) is 14.2 Å². The summed E-state index contributed by atoms with van der Waals surface area (Å²) in [5, 5.41) is 13.8. The average Bonchev–Trinajstić information content (AvgIpc) is 3.19. The molecule has 5 rings (SSSR count). The molecule has 4 heterocycles. The highest BCUT2D eigenvalue weighted by Crippen LogP contribution is 2.41. The van der Waals surface area contributed by atoms with Gasteiger partial charge in [0.25, 0.3) is 5.92 Å². The van der Waals surface area contributed by atoms with Crippen molar-refractivity contribution in [2.75, 3.05) is 44.8 Å². The Balaban J connectivity index is 1.41. The number of alkyl halides is 3. The third-order valence-corrected chi connectivity index (χ3v) is 7.18. The van der Waals surface area contributed by atoms with Crippen LogP contribution in [0.25, 0.3) is 10.9 Å². The molecule has 35 heavy (non-hydrogen) atoms. The number of aliphatic hydroxyl groups excluding tert-OH is 1. The largest absolute Gasteiger partial charge is 0.390 e. The van der Waals surface area contributed by atoms with Crippen LogP contribution in [-0.4, -0.2) is 82.3 Å². The zero-order valence-corrected chi connectivity index (χ0v) is 19.9. The van der Waals surface area contributed by atoms with Gasteiger partial charge in [0.15, 0.2) is 0 Å². The molecule has 9 heteroatoms. The number of aromatic amines is 1. The molecule has 0 spiro atoms. The van der Waals surface area contributed by atoms with E-state index in [-0.39, 0.29) is 18.8 Å². The predicted octanol–water partition coefficient (Wildman–Crippen LogP) is 3.98. The summed E-state index contributed by atoms with van der Waals surface area (Å²) < 4.78 is 41.1. The number of benzene rings is 1. The van der Waals surface area contributed by atoms with Crippen LogP contribution in [0.4, 0.5) is 19.0 Å². The number of likely N-dealkylation sites (tertiary alicyclic amines) is 1. The van der Waals surface area contributed by atoms with E-state index in [2.05, 4.69) is 26.3 Å². The van der Waals surface area contributed by atoms with E-state index in [0.29, 0.717) is 12.8 Å². The molecule has 0 bridgehead atoms. The minimum absolute atomic E-state index is 0.146. The minimum atomic E-state index is -3.21. The van der Waals surface area contributed by atoms with Gasteiger partial charge in [-0.25, -0.2) is 13.8 Å². The van der Waals surface area contributed by atoms with Crippen molar-refractivity contribution in [1.29, 1.82) is 0 Å². The Kier molecular flexibility index (Phi) is 6.74. The number of aliphatic hydroxyl groups is 1. The van der Waals surface area contributed by atoms with Crippen molar-refractivity contribution in [2.24, 2.45) is 0 Å². The van der Waals surface area contributed by atoms with Crippen LogP contribution in [0.3, 0.4) is 0 Å². The van der Waals surface area contributed by atoms with Crippen LogP contribution in [0.2, 0.25) is 0 Å². The quantitative estimate of drug-likeness (QED) is 0.426. The Labute approximate surface area is 203 Å². The predicted molar refractivity (Wildman–Crippen MR) is 131 cm³/mol. The highest BCUT2D eigenvalue weighted by molar-refractivity contribution is 5.85. The lowest BCUT2D eigenvalue weighted by Gasteiger charge is -2.42. The summed E-state index contributed by atoms with van der Waals surface area (Å²) in [6.07, 6.45) is 2.95. The summed E-state index contributed by atoms with van der Waals surface area (Å²) in [6, 6.07) is 11.5. The van der Waals surface area contributed by atoms with E-state index in [4.69, 9.17) is 0 Å². The van der Waals surface area contributed by atoms with E-state index in [9.17, 15) is 18.3 Å². The normalized spacial score (nSPS) is 21.7. The molecule has 0 amide bonds. The number of halogens is 3. The molecular formula is C26H32F3N5O. The molecule has 0 unspecified atom stereocenters. The van der Waals surface area contributed by atoms with Gasteiger partial charge in [-0.1, -0.05) is 24.3 Å². The number of rotatable bonds is 9. The fraction of sp³-hybridized carbons (Fsp3) is 0.500.